The van der Waals surface area contributed by atoms with Crippen LogP contribution >= 0.6 is 0 Å². The molecule has 0 spiro atoms. The minimum Gasteiger partial charge on any atom is -0.452 e. The van der Waals surface area contributed by atoms with Crippen molar-refractivity contribution in [3.05, 3.63) is 90.5 Å². The molecule has 0 unspecified atom stereocenters. The summed E-state index contributed by atoms with van der Waals surface area (Å²) < 4.78 is 4.47. The summed E-state index contributed by atoms with van der Waals surface area (Å²) in [7, 11) is 1.29. The molecule has 0 atom stereocenters. The first-order chi connectivity index (χ1) is 12.8. The summed E-state index contributed by atoms with van der Waals surface area (Å²) in [4.78, 5) is 13.2. The summed E-state index contributed by atoms with van der Waals surface area (Å²) in [6.07, 6.45) is 0.966. The lowest BCUT2D eigenvalue weighted by atomic mass is 10.1. The fraction of sp³-hybridized carbons (Fsp3) is 0.0476. The number of carbonyl (C=O) groups excluding carboxylic acids is 1. The predicted molar refractivity (Wildman–Crippen MR) is 104 cm³/mol. The fourth-order valence-corrected chi connectivity index (χ4v) is 2.52. The standard InChI is InChI=1S/C21H19N3O2/c1-26-21(25)23-22-16-17-12-14-20(15-13-17)24(18-8-4-2-5-9-18)19-10-6-3-7-11-19/h2-16H,1H3,(H,23,25)/b22-16+. The molecule has 0 saturated heterocycles. The molecule has 3 aromatic carbocycles. The summed E-state index contributed by atoms with van der Waals surface area (Å²) in [6, 6.07) is 28.3. The van der Waals surface area contributed by atoms with Gasteiger partial charge in [0.2, 0.25) is 0 Å². The molecule has 0 aromatic heterocycles. The molecule has 0 radical (unpaired) electrons. The summed E-state index contributed by atoms with van der Waals surface area (Å²) >= 11 is 0. The monoisotopic (exact) mass is 345 g/mol. The summed E-state index contributed by atoms with van der Waals surface area (Å²) in [6.45, 7) is 0. The van der Waals surface area contributed by atoms with Crippen LogP contribution in [-0.2, 0) is 4.74 Å². The third-order valence-corrected chi connectivity index (χ3v) is 3.73. The van der Waals surface area contributed by atoms with Crippen molar-refractivity contribution in [3.8, 4) is 0 Å². The highest BCUT2D eigenvalue weighted by molar-refractivity contribution is 5.83. The molecule has 5 heteroatoms. The highest BCUT2D eigenvalue weighted by Gasteiger charge is 2.11. The molecule has 3 aromatic rings. The molecule has 1 N–H and O–H groups in total. The summed E-state index contributed by atoms with van der Waals surface area (Å²) in [5.41, 5.74) is 6.32. The second-order valence-electron chi connectivity index (χ2n) is 5.46. The predicted octanol–water partition coefficient (Wildman–Crippen LogP) is 4.85. The lowest BCUT2D eigenvalue weighted by Crippen LogP contribution is -2.16. The molecule has 26 heavy (non-hydrogen) atoms. The number of hydrogen-bond donors (Lipinski definition) is 1. The van der Waals surface area contributed by atoms with Crippen molar-refractivity contribution in [2.75, 3.05) is 12.0 Å². The maximum Gasteiger partial charge on any atom is 0.427 e. The third kappa shape index (κ3) is 4.27. The smallest absolute Gasteiger partial charge is 0.427 e. The number of para-hydroxylation sites is 2. The number of amides is 1. The number of rotatable bonds is 5. The van der Waals surface area contributed by atoms with Gasteiger partial charge in [-0.2, -0.15) is 5.10 Å². The Bertz CT molecular complexity index is 823. The number of ether oxygens (including phenoxy) is 1. The highest BCUT2D eigenvalue weighted by atomic mass is 16.5. The van der Waals surface area contributed by atoms with Crippen molar-refractivity contribution >= 4 is 29.4 Å². The van der Waals surface area contributed by atoms with Gasteiger partial charge >= 0.3 is 6.09 Å². The van der Waals surface area contributed by atoms with Gasteiger partial charge in [-0.25, -0.2) is 10.2 Å². The molecule has 0 heterocycles. The maximum absolute atomic E-state index is 11.0. The van der Waals surface area contributed by atoms with E-state index in [0.717, 1.165) is 22.6 Å². The number of benzene rings is 3. The van der Waals surface area contributed by atoms with Crippen LogP contribution in [0.15, 0.2) is 90.0 Å². The van der Waals surface area contributed by atoms with Crippen molar-refractivity contribution in [2.24, 2.45) is 5.10 Å². The van der Waals surface area contributed by atoms with Gasteiger partial charge in [-0.1, -0.05) is 48.5 Å². The highest BCUT2D eigenvalue weighted by Crippen LogP contribution is 2.33. The first kappa shape index (κ1) is 17.2. The first-order valence-electron chi connectivity index (χ1n) is 8.15. The van der Waals surface area contributed by atoms with Crippen LogP contribution < -0.4 is 10.3 Å². The van der Waals surface area contributed by atoms with E-state index in [9.17, 15) is 4.79 Å². The quantitative estimate of drug-likeness (QED) is 0.531. The molecule has 0 bridgehead atoms. The third-order valence-electron chi connectivity index (χ3n) is 3.73. The van der Waals surface area contributed by atoms with Gasteiger partial charge in [0.05, 0.1) is 13.3 Å². The summed E-state index contributed by atoms with van der Waals surface area (Å²) in [5.74, 6) is 0. The molecule has 0 aliphatic rings. The van der Waals surface area contributed by atoms with Crippen LogP contribution in [0, 0.1) is 0 Å². The van der Waals surface area contributed by atoms with Crippen molar-refractivity contribution in [3.63, 3.8) is 0 Å². The Kier molecular flexibility index (Phi) is 5.62. The van der Waals surface area contributed by atoms with Crippen LogP contribution in [0.2, 0.25) is 0 Å². The average Bonchev–Trinajstić information content (AvgIpc) is 2.71. The molecule has 0 aliphatic heterocycles. The molecule has 0 fully saturated rings. The van der Waals surface area contributed by atoms with E-state index in [0.29, 0.717) is 0 Å². The number of hydrazone groups is 1. The Labute approximate surface area is 152 Å². The molecular weight excluding hydrogens is 326 g/mol. The molecular formula is C21H19N3O2. The van der Waals surface area contributed by atoms with Gasteiger partial charge in [0.25, 0.3) is 0 Å². The van der Waals surface area contributed by atoms with E-state index >= 15 is 0 Å². The van der Waals surface area contributed by atoms with Crippen molar-refractivity contribution in [1.82, 2.24) is 5.43 Å². The topological polar surface area (TPSA) is 53.9 Å². The molecule has 5 nitrogen and oxygen atoms in total. The number of nitrogens with one attached hydrogen (secondary N) is 1. The maximum atomic E-state index is 11.0. The number of nitrogens with zero attached hydrogens (tertiary/aromatic N) is 2. The number of methoxy groups -OCH3 is 1. The van der Waals surface area contributed by atoms with Gasteiger partial charge in [-0.05, 0) is 42.0 Å². The zero-order valence-corrected chi connectivity index (χ0v) is 14.4. The lowest BCUT2D eigenvalue weighted by Gasteiger charge is -2.25. The van der Waals surface area contributed by atoms with Crippen molar-refractivity contribution in [1.29, 1.82) is 0 Å². The van der Waals surface area contributed by atoms with Gasteiger partial charge < -0.3 is 9.64 Å². The van der Waals surface area contributed by atoms with Gasteiger partial charge in [0.1, 0.15) is 0 Å². The van der Waals surface area contributed by atoms with E-state index in [2.05, 4.69) is 44.4 Å². The average molecular weight is 345 g/mol. The minimum absolute atomic E-state index is 0.600. The Hall–Kier alpha value is -3.60. The molecule has 3 rings (SSSR count). The van der Waals surface area contributed by atoms with E-state index < -0.39 is 6.09 Å². The molecule has 0 aliphatic carbocycles. The van der Waals surface area contributed by atoms with E-state index in [1.54, 1.807) is 6.21 Å². The van der Waals surface area contributed by atoms with E-state index in [1.807, 2.05) is 60.7 Å². The molecule has 1 amide bonds. The Morgan fingerprint density at radius 2 is 1.35 bits per heavy atom. The van der Waals surface area contributed by atoms with Crippen LogP contribution in [0.3, 0.4) is 0 Å². The van der Waals surface area contributed by atoms with Gasteiger partial charge in [-0.3, -0.25) is 0 Å². The van der Waals surface area contributed by atoms with Crippen LogP contribution in [0.4, 0.5) is 21.9 Å². The molecule has 130 valence electrons. The zero-order valence-electron chi connectivity index (χ0n) is 14.4. The Morgan fingerprint density at radius 3 is 1.85 bits per heavy atom. The second-order valence-corrected chi connectivity index (χ2v) is 5.46. The largest absolute Gasteiger partial charge is 0.452 e. The fourth-order valence-electron chi connectivity index (χ4n) is 2.52. The van der Waals surface area contributed by atoms with Crippen LogP contribution in [-0.4, -0.2) is 19.4 Å². The van der Waals surface area contributed by atoms with Crippen LogP contribution in [0.5, 0.6) is 0 Å². The van der Waals surface area contributed by atoms with Crippen LogP contribution in [0.25, 0.3) is 0 Å². The SMILES string of the molecule is COC(=O)N/N=C/c1ccc(N(c2ccccc2)c2ccccc2)cc1. The summed E-state index contributed by atoms with van der Waals surface area (Å²) in [5, 5.41) is 3.84. The Balaban J connectivity index is 1.87. The van der Waals surface area contributed by atoms with Gasteiger partial charge in [0.15, 0.2) is 0 Å². The Morgan fingerprint density at radius 1 is 0.846 bits per heavy atom. The molecule has 0 saturated carbocycles. The normalized spacial score (nSPS) is 10.5. The van der Waals surface area contributed by atoms with Crippen molar-refractivity contribution in [2.45, 2.75) is 0 Å². The minimum atomic E-state index is -0.600. The zero-order chi connectivity index (χ0) is 18.2. The van der Waals surface area contributed by atoms with Gasteiger partial charge in [0, 0.05) is 17.1 Å². The number of carbonyl (C=O) groups is 1. The van der Waals surface area contributed by atoms with E-state index in [4.69, 9.17) is 0 Å². The second kappa shape index (κ2) is 8.48. The van der Waals surface area contributed by atoms with E-state index in [-0.39, 0.29) is 0 Å². The van der Waals surface area contributed by atoms with Crippen LogP contribution in [0.1, 0.15) is 5.56 Å². The van der Waals surface area contributed by atoms with Crippen molar-refractivity contribution < 1.29 is 9.53 Å². The van der Waals surface area contributed by atoms with E-state index in [1.165, 1.54) is 7.11 Å². The lowest BCUT2D eigenvalue weighted by molar-refractivity contribution is 0.171. The van der Waals surface area contributed by atoms with Gasteiger partial charge in [-0.15, -0.1) is 0 Å². The number of hydrogen-bond acceptors (Lipinski definition) is 4. The first-order valence-corrected chi connectivity index (χ1v) is 8.15. The number of anilines is 3.